The molecule has 2 nitrogen and oxygen atoms in total. The summed E-state index contributed by atoms with van der Waals surface area (Å²) in [5.74, 6) is 0. The van der Waals surface area contributed by atoms with Crippen molar-refractivity contribution in [1.82, 2.24) is 5.32 Å². The van der Waals surface area contributed by atoms with Crippen LogP contribution in [0, 0.1) is 0 Å². The minimum absolute atomic E-state index is 0.417. The normalized spacial score (nSPS) is 25.2. The van der Waals surface area contributed by atoms with E-state index < -0.39 is 0 Å². The molecular weight excluding hydrogens is 222 g/mol. The fourth-order valence-electron chi connectivity index (χ4n) is 2.82. The number of hydrogen-bond donors (Lipinski definition) is 1. The van der Waals surface area contributed by atoms with Crippen molar-refractivity contribution in [1.29, 1.82) is 0 Å². The molecule has 1 heterocycles. The second-order valence-electron chi connectivity index (χ2n) is 5.34. The van der Waals surface area contributed by atoms with E-state index in [-0.39, 0.29) is 0 Å². The van der Waals surface area contributed by atoms with Crippen molar-refractivity contribution in [2.24, 2.45) is 0 Å². The zero-order chi connectivity index (χ0) is 12.8. The lowest BCUT2D eigenvalue weighted by atomic mass is 9.99. The summed E-state index contributed by atoms with van der Waals surface area (Å²) in [6.45, 7) is 2.18. The maximum Gasteiger partial charge on any atom is 0.0732 e. The van der Waals surface area contributed by atoms with Gasteiger partial charge in [0.05, 0.1) is 12.2 Å². The van der Waals surface area contributed by atoms with Crippen LogP contribution in [0.4, 0.5) is 0 Å². The van der Waals surface area contributed by atoms with Crippen LogP contribution in [-0.4, -0.2) is 25.3 Å². The van der Waals surface area contributed by atoms with Gasteiger partial charge in [0.1, 0.15) is 0 Å². The molecular formula is C16H25NO. The maximum atomic E-state index is 5.95. The van der Waals surface area contributed by atoms with Crippen LogP contribution >= 0.6 is 0 Å². The van der Waals surface area contributed by atoms with E-state index in [1.54, 1.807) is 0 Å². The molecule has 0 radical (unpaired) electrons. The molecule has 2 rings (SSSR count). The molecule has 0 spiro atoms. The van der Waals surface area contributed by atoms with E-state index >= 15 is 0 Å². The number of benzene rings is 1. The molecule has 1 saturated heterocycles. The van der Waals surface area contributed by atoms with Crippen LogP contribution in [0.25, 0.3) is 0 Å². The molecule has 0 aromatic heterocycles. The summed E-state index contributed by atoms with van der Waals surface area (Å²) in [5.41, 5.74) is 1.44. The molecule has 100 valence electrons. The van der Waals surface area contributed by atoms with Crippen LogP contribution in [-0.2, 0) is 11.2 Å². The predicted molar refractivity (Wildman–Crippen MR) is 75.8 cm³/mol. The van der Waals surface area contributed by atoms with Gasteiger partial charge in [0.2, 0.25) is 0 Å². The van der Waals surface area contributed by atoms with Crippen LogP contribution in [0.5, 0.6) is 0 Å². The first-order chi connectivity index (χ1) is 8.79. The van der Waals surface area contributed by atoms with Gasteiger partial charge >= 0.3 is 0 Å². The zero-order valence-corrected chi connectivity index (χ0v) is 11.6. The van der Waals surface area contributed by atoms with E-state index in [9.17, 15) is 0 Å². The van der Waals surface area contributed by atoms with Gasteiger partial charge in [-0.3, -0.25) is 0 Å². The van der Waals surface area contributed by atoms with E-state index in [0.717, 1.165) is 0 Å². The van der Waals surface area contributed by atoms with Crippen molar-refractivity contribution < 1.29 is 4.74 Å². The number of ether oxygens (including phenoxy) is 1. The fraction of sp³-hybridized carbons (Fsp3) is 0.625. The molecule has 0 bridgehead atoms. The lowest BCUT2D eigenvalue weighted by molar-refractivity contribution is 0.0314. The zero-order valence-electron chi connectivity index (χ0n) is 11.6. The van der Waals surface area contributed by atoms with Crippen molar-refractivity contribution in [3.63, 3.8) is 0 Å². The Morgan fingerprint density at radius 1 is 1.28 bits per heavy atom. The molecule has 3 atom stereocenters. The first-order valence-corrected chi connectivity index (χ1v) is 7.16. The Balaban J connectivity index is 1.74. The summed E-state index contributed by atoms with van der Waals surface area (Å²) in [6.07, 6.45) is 6.87. The van der Waals surface area contributed by atoms with Gasteiger partial charge in [-0.05, 0) is 51.6 Å². The van der Waals surface area contributed by atoms with E-state index in [0.29, 0.717) is 18.2 Å². The Morgan fingerprint density at radius 2 is 2.06 bits per heavy atom. The van der Waals surface area contributed by atoms with Gasteiger partial charge in [-0.15, -0.1) is 0 Å². The molecule has 1 aliphatic rings. The molecule has 3 unspecified atom stereocenters. The van der Waals surface area contributed by atoms with Crippen molar-refractivity contribution in [3.8, 4) is 0 Å². The average Bonchev–Trinajstić information content (AvgIpc) is 2.82. The lowest BCUT2D eigenvalue weighted by Gasteiger charge is -2.23. The number of likely N-dealkylation sites (N-methyl/N-ethyl adjacent to an activating group) is 1. The highest BCUT2D eigenvalue weighted by atomic mass is 16.5. The van der Waals surface area contributed by atoms with Crippen LogP contribution in [0.3, 0.4) is 0 Å². The smallest absolute Gasteiger partial charge is 0.0732 e. The highest BCUT2D eigenvalue weighted by molar-refractivity contribution is 5.14. The Labute approximate surface area is 111 Å². The van der Waals surface area contributed by atoms with E-state index in [4.69, 9.17) is 4.74 Å². The summed E-state index contributed by atoms with van der Waals surface area (Å²) in [5, 5.41) is 3.43. The number of rotatable bonds is 6. The van der Waals surface area contributed by atoms with Crippen LogP contribution < -0.4 is 5.32 Å². The Morgan fingerprint density at radius 3 is 2.67 bits per heavy atom. The van der Waals surface area contributed by atoms with Gasteiger partial charge < -0.3 is 10.1 Å². The Kier molecular flexibility index (Phi) is 5.21. The first-order valence-electron chi connectivity index (χ1n) is 7.16. The number of nitrogens with one attached hydrogen (secondary N) is 1. The van der Waals surface area contributed by atoms with E-state index in [2.05, 4.69) is 49.6 Å². The standard InChI is InChI=1S/C16H25NO/c1-13-11-12-16(18-13)15(17-2)10-6-9-14-7-4-3-5-8-14/h3-5,7-8,13,15-17H,6,9-12H2,1-2H3. The van der Waals surface area contributed by atoms with Crippen molar-refractivity contribution >= 4 is 0 Å². The average molecular weight is 247 g/mol. The second-order valence-corrected chi connectivity index (χ2v) is 5.34. The molecule has 1 N–H and O–H groups in total. The van der Waals surface area contributed by atoms with Gasteiger partial charge in [0.15, 0.2) is 0 Å². The minimum atomic E-state index is 0.417. The second kappa shape index (κ2) is 6.91. The Hall–Kier alpha value is -0.860. The molecule has 1 aromatic carbocycles. The minimum Gasteiger partial charge on any atom is -0.374 e. The topological polar surface area (TPSA) is 21.3 Å². The summed E-state index contributed by atoms with van der Waals surface area (Å²) in [4.78, 5) is 0. The van der Waals surface area contributed by atoms with Crippen molar-refractivity contribution in [2.45, 2.75) is 57.3 Å². The molecule has 1 aromatic rings. The molecule has 18 heavy (non-hydrogen) atoms. The van der Waals surface area contributed by atoms with Gasteiger partial charge in [-0.25, -0.2) is 0 Å². The fourth-order valence-corrected chi connectivity index (χ4v) is 2.82. The summed E-state index contributed by atoms with van der Waals surface area (Å²) < 4.78 is 5.95. The maximum absolute atomic E-state index is 5.95. The van der Waals surface area contributed by atoms with Crippen molar-refractivity contribution in [2.75, 3.05) is 7.05 Å². The molecule has 0 amide bonds. The molecule has 0 saturated carbocycles. The van der Waals surface area contributed by atoms with Crippen molar-refractivity contribution in [3.05, 3.63) is 35.9 Å². The van der Waals surface area contributed by atoms with Crippen LogP contribution in [0.2, 0.25) is 0 Å². The third-order valence-electron chi connectivity index (χ3n) is 3.91. The highest BCUT2D eigenvalue weighted by Crippen LogP contribution is 2.23. The molecule has 1 fully saturated rings. The Bertz CT molecular complexity index is 338. The SMILES string of the molecule is CNC(CCCc1ccccc1)C1CCC(C)O1. The first kappa shape index (κ1) is 13.6. The van der Waals surface area contributed by atoms with E-state index in [1.165, 1.54) is 37.7 Å². The van der Waals surface area contributed by atoms with Gasteiger partial charge in [0, 0.05) is 6.04 Å². The monoisotopic (exact) mass is 247 g/mol. The third-order valence-corrected chi connectivity index (χ3v) is 3.91. The molecule has 2 heteroatoms. The highest BCUT2D eigenvalue weighted by Gasteiger charge is 2.28. The number of aryl methyl sites for hydroxylation is 1. The van der Waals surface area contributed by atoms with Crippen LogP contribution in [0.15, 0.2) is 30.3 Å². The van der Waals surface area contributed by atoms with Gasteiger partial charge in [-0.1, -0.05) is 30.3 Å². The molecule has 1 aliphatic heterocycles. The largest absolute Gasteiger partial charge is 0.374 e. The predicted octanol–water partition coefficient (Wildman–Crippen LogP) is 3.16. The lowest BCUT2D eigenvalue weighted by Crippen LogP contribution is -2.37. The van der Waals surface area contributed by atoms with E-state index in [1.807, 2.05) is 0 Å². The van der Waals surface area contributed by atoms with Crippen LogP contribution in [0.1, 0.15) is 38.2 Å². The summed E-state index contributed by atoms with van der Waals surface area (Å²) in [6, 6.07) is 11.2. The third kappa shape index (κ3) is 3.82. The summed E-state index contributed by atoms with van der Waals surface area (Å²) in [7, 11) is 2.06. The summed E-state index contributed by atoms with van der Waals surface area (Å²) >= 11 is 0. The number of hydrogen-bond acceptors (Lipinski definition) is 2. The van der Waals surface area contributed by atoms with Gasteiger partial charge in [0.25, 0.3) is 0 Å². The quantitative estimate of drug-likeness (QED) is 0.833. The molecule has 0 aliphatic carbocycles. The van der Waals surface area contributed by atoms with Gasteiger partial charge in [-0.2, -0.15) is 0 Å².